The first kappa shape index (κ1) is 14.0. The molecule has 0 heterocycles. The summed E-state index contributed by atoms with van der Waals surface area (Å²) in [5, 5.41) is 26.6. The Labute approximate surface area is 104 Å². The van der Waals surface area contributed by atoms with Crippen molar-refractivity contribution in [2.24, 2.45) is 0 Å². The zero-order chi connectivity index (χ0) is 12.7. The number of aliphatic hydroxyl groups is 2. The fourth-order valence-corrected chi connectivity index (χ4v) is 2.39. The van der Waals surface area contributed by atoms with Crippen molar-refractivity contribution in [2.75, 3.05) is 12.4 Å². The van der Waals surface area contributed by atoms with Gasteiger partial charge in [0.25, 0.3) is 0 Å². The monoisotopic (exact) mass is 256 g/mol. The van der Waals surface area contributed by atoms with Gasteiger partial charge in [0.1, 0.15) is 0 Å². The van der Waals surface area contributed by atoms with Gasteiger partial charge in [0, 0.05) is 11.5 Å². The minimum absolute atomic E-state index is 0.0132. The van der Waals surface area contributed by atoms with Crippen LogP contribution in [-0.4, -0.2) is 39.8 Å². The average Bonchev–Trinajstić information content (AvgIpc) is 2.30. The molecule has 1 atom stereocenters. The molecule has 94 valence electrons. The number of aliphatic hydroxyl groups excluding tert-OH is 2. The molecule has 0 radical (unpaired) electrons. The summed E-state index contributed by atoms with van der Waals surface area (Å²) in [6.07, 6.45) is -0.703. The summed E-state index contributed by atoms with van der Waals surface area (Å²) >= 11 is 1.48. The molecular formula is C12H16O4S. The van der Waals surface area contributed by atoms with Gasteiger partial charge in [0.2, 0.25) is 0 Å². The standard InChI is InChI=1S/C12H16O4S/c13-6-11(14)8-17-7-10-4-2-1-3-9(10)5-12(15)16/h1-4,11,13-14H,5-8H2,(H,15,16). The highest BCUT2D eigenvalue weighted by atomic mass is 32.2. The molecule has 0 aromatic heterocycles. The Morgan fingerprint density at radius 2 is 1.94 bits per heavy atom. The molecule has 0 aliphatic carbocycles. The number of hydrogen-bond donors (Lipinski definition) is 3. The Kier molecular flexibility index (Phi) is 6.04. The highest BCUT2D eigenvalue weighted by Crippen LogP contribution is 2.17. The molecular weight excluding hydrogens is 240 g/mol. The van der Waals surface area contributed by atoms with Crippen LogP contribution >= 0.6 is 11.8 Å². The normalized spacial score (nSPS) is 12.4. The van der Waals surface area contributed by atoms with Crippen molar-refractivity contribution >= 4 is 17.7 Å². The highest BCUT2D eigenvalue weighted by Gasteiger charge is 2.07. The fraction of sp³-hybridized carbons (Fsp3) is 0.417. The van der Waals surface area contributed by atoms with Crippen LogP contribution in [0.1, 0.15) is 11.1 Å². The van der Waals surface area contributed by atoms with Gasteiger partial charge in [0.15, 0.2) is 0 Å². The van der Waals surface area contributed by atoms with E-state index < -0.39 is 12.1 Å². The lowest BCUT2D eigenvalue weighted by Gasteiger charge is -2.09. The van der Waals surface area contributed by atoms with Gasteiger partial charge in [-0.1, -0.05) is 24.3 Å². The van der Waals surface area contributed by atoms with Crippen LogP contribution in [0.5, 0.6) is 0 Å². The van der Waals surface area contributed by atoms with E-state index >= 15 is 0 Å². The Hall–Kier alpha value is -1.04. The van der Waals surface area contributed by atoms with Crippen molar-refractivity contribution in [2.45, 2.75) is 18.3 Å². The van der Waals surface area contributed by atoms with Gasteiger partial charge in [-0.25, -0.2) is 0 Å². The number of thioether (sulfide) groups is 1. The summed E-state index contributed by atoms with van der Waals surface area (Å²) in [6, 6.07) is 7.36. The maximum absolute atomic E-state index is 10.7. The number of carbonyl (C=O) groups is 1. The van der Waals surface area contributed by atoms with Crippen molar-refractivity contribution in [1.82, 2.24) is 0 Å². The van der Waals surface area contributed by atoms with Gasteiger partial charge in [-0.3, -0.25) is 4.79 Å². The number of aliphatic carboxylic acids is 1. The van der Waals surface area contributed by atoms with Gasteiger partial charge < -0.3 is 15.3 Å². The van der Waals surface area contributed by atoms with Crippen LogP contribution in [0.4, 0.5) is 0 Å². The lowest BCUT2D eigenvalue weighted by atomic mass is 10.1. The second-order valence-electron chi connectivity index (χ2n) is 3.69. The van der Waals surface area contributed by atoms with E-state index in [1.807, 2.05) is 18.2 Å². The molecule has 1 aromatic rings. The maximum Gasteiger partial charge on any atom is 0.307 e. The number of carboxylic acids is 1. The van der Waals surface area contributed by atoms with Crippen LogP contribution < -0.4 is 0 Å². The predicted molar refractivity (Wildman–Crippen MR) is 67.0 cm³/mol. The van der Waals surface area contributed by atoms with E-state index in [1.54, 1.807) is 6.07 Å². The van der Waals surface area contributed by atoms with Crippen molar-refractivity contribution in [3.8, 4) is 0 Å². The molecule has 0 fully saturated rings. The third-order valence-electron chi connectivity index (χ3n) is 2.24. The lowest BCUT2D eigenvalue weighted by molar-refractivity contribution is -0.136. The van der Waals surface area contributed by atoms with E-state index in [-0.39, 0.29) is 13.0 Å². The SMILES string of the molecule is O=C(O)Cc1ccccc1CSCC(O)CO. The second-order valence-corrected chi connectivity index (χ2v) is 4.72. The van der Waals surface area contributed by atoms with E-state index in [9.17, 15) is 9.90 Å². The van der Waals surface area contributed by atoms with Crippen LogP contribution in [0, 0.1) is 0 Å². The third kappa shape index (κ3) is 5.21. The van der Waals surface area contributed by atoms with Gasteiger partial charge in [-0.05, 0) is 11.1 Å². The molecule has 4 nitrogen and oxygen atoms in total. The highest BCUT2D eigenvalue weighted by molar-refractivity contribution is 7.98. The molecule has 5 heteroatoms. The molecule has 1 rings (SSSR count). The first-order chi connectivity index (χ1) is 8.13. The van der Waals surface area contributed by atoms with Crippen LogP contribution in [0.15, 0.2) is 24.3 Å². The van der Waals surface area contributed by atoms with E-state index in [4.69, 9.17) is 10.2 Å². The van der Waals surface area contributed by atoms with Crippen molar-refractivity contribution in [3.63, 3.8) is 0 Å². The number of rotatable bonds is 7. The first-order valence-electron chi connectivity index (χ1n) is 5.28. The van der Waals surface area contributed by atoms with Crippen LogP contribution in [0.2, 0.25) is 0 Å². The second kappa shape index (κ2) is 7.32. The van der Waals surface area contributed by atoms with E-state index in [0.29, 0.717) is 11.5 Å². The van der Waals surface area contributed by atoms with Crippen molar-refractivity contribution in [3.05, 3.63) is 35.4 Å². The van der Waals surface area contributed by atoms with E-state index in [1.165, 1.54) is 11.8 Å². The van der Waals surface area contributed by atoms with Crippen LogP contribution in [-0.2, 0) is 17.0 Å². The molecule has 0 saturated carbocycles. The number of carboxylic acid groups (broad SMARTS) is 1. The van der Waals surface area contributed by atoms with E-state index in [2.05, 4.69) is 0 Å². The minimum atomic E-state index is -0.849. The smallest absolute Gasteiger partial charge is 0.307 e. The van der Waals surface area contributed by atoms with Gasteiger partial charge in [-0.15, -0.1) is 0 Å². The van der Waals surface area contributed by atoms with Crippen LogP contribution in [0.3, 0.4) is 0 Å². The first-order valence-corrected chi connectivity index (χ1v) is 6.44. The Bertz CT molecular complexity index is 367. The zero-order valence-electron chi connectivity index (χ0n) is 9.37. The Morgan fingerprint density at radius 1 is 1.29 bits per heavy atom. The third-order valence-corrected chi connectivity index (χ3v) is 3.37. The average molecular weight is 256 g/mol. The molecule has 0 aliphatic rings. The van der Waals surface area contributed by atoms with E-state index in [0.717, 1.165) is 11.1 Å². The summed E-state index contributed by atoms with van der Waals surface area (Å²) < 4.78 is 0. The molecule has 1 unspecified atom stereocenters. The largest absolute Gasteiger partial charge is 0.481 e. The number of benzene rings is 1. The van der Waals surface area contributed by atoms with Crippen molar-refractivity contribution in [1.29, 1.82) is 0 Å². The molecule has 0 bridgehead atoms. The molecule has 0 saturated heterocycles. The molecule has 0 amide bonds. The summed E-state index contributed by atoms with van der Waals surface area (Å²) in [6.45, 7) is -0.246. The van der Waals surface area contributed by atoms with Crippen LogP contribution in [0.25, 0.3) is 0 Å². The summed E-state index contributed by atoms with van der Waals surface area (Å²) in [5.41, 5.74) is 1.76. The minimum Gasteiger partial charge on any atom is -0.481 e. The molecule has 17 heavy (non-hydrogen) atoms. The summed E-state index contributed by atoms with van der Waals surface area (Å²) in [4.78, 5) is 10.7. The topological polar surface area (TPSA) is 77.8 Å². The molecule has 0 aliphatic heterocycles. The van der Waals surface area contributed by atoms with Crippen molar-refractivity contribution < 1.29 is 20.1 Å². The fourth-order valence-electron chi connectivity index (χ4n) is 1.39. The Morgan fingerprint density at radius 3 is 2.53 bits per heavy atom. The molecule has 3 N–H and O–H groups in total. The molecule has 1 aromatic carbocycles. The van der Waals surface area contributed by atoms with Gasteiger partial charge in [0.05, 0.1) is 19.1 Å². The van der Waals surface area contributed by atoms with Gasteiger partial charge >= 0.3 is 5.97 Å². The summed E-state index contributed by atoms with van der Waals surface area (Å²) in [7, 11) is 0. The zero-order valence-corrected chi connectivity index (χ0v) is 10.2. The molecule has 0 spiro atoms. The Balaban J connectivity index is 2.54. The van der Waals surface area contributed by atoms with Gasteiger partial charge in [-0.2, -0.15) is 11.8 Å². The number of hydrogen-bond acceptors (Lipinski definition) is 4. The lowest BCUT2D eigenvalue weighted by Crippen LogP contribution is -2.14. The quantitative estimate of drug-likeness (QED) is 0.675. The summed E-state index contributed by atoms with van der Waals surface area (Å²) in [5.74, 6) is 0.233. The predicted octanol–water partition coefficient (Wildman–Crippen LogP) is 0.900. The maximum atomic E-state index is 10.7.